The minimum atomic E-state index is 0.00117. The number of aromatic nitrogens is 3. The van der Waals surface area contributed by atoms with E-state index in [4.69, 9.17) is 10.1 Å². The van der Waals surface area contributed by atoms with Crippen LogP contribution < -0.4 is 4.90 Å². The Balaban J connectivity index is 1.64. The van der Waals surface area contributed by atoms with Gasteiger partial charge in [0.1, 0.15) is 0 Å². The lowest BCUT2D eigenvalue weighted by Crippen LogP contribution is -2.62. The van der Waals surface area contributed by atoms with E-state index in [9.17, 15) is 4.79 Å². The quantitative estimate of drug-likeness (QED) is 0.656. The fourth-order valence-corrected chi connectivity index (χ4v) is 6.95. The van der Waals surface area contributed by atoms with E-state index in [1.54, 1.807) is 0 Å². The van der Waals surface area contributed by atoms with Crippen molar-refractivity contribution in [1.82, 2.24) is 14.8 Å². The molecule has 0 unspecified atom stereocenters. The van der Waals surface area contributed by atoms with E-state index in [0.29, 0.717) is 17.9 Å². The summed E-state index contributed by atoms with van der Waals surface area (Å²) in [5.74, 6) is 3.21. The average molecular weight is 399 g/mol. The molecule has 2 heterocycles. The minimum absolute atomic E-state index is 0.00117. The summed E-state index contributed by atoms with van der Waals surface area (Å²) < 4.78 is 2.31. The molecule has 29 heavy (non-hydrogen) atoms. The molecule has 0 N–H and O–H groups in total. The van der Waals surface area contributed by atoms with Gasteiger partial charge in [-0.1, -0.05) is 65.2 Å². The summed E-state index contributed by atoms with van der Waals surface area (Å²) in [6.07, 6.45) is 17.6. The summed E-state index contributed by atoms with van der Waals surface area (Å²) in [7, 11) is 0. The van der Waals surface area contributed by atoms with Crippen LogP contribution >= 0.6 is 0 Å². The predicted molar refractivity (Wildman–Crippen MR) is 115 cm³/mol. The zero-order valence-electron chi connectivity index (χ0n) is 18.4. The van der Waals surface area contributed by atoms with E-state index < -0.39 is 0 Å². The number of nitrogens with zero attached hydrogens (tertiary/aromatic N) is 4. The highest BCUT2D eigenvalue weighted by Gasteiger charge is 2.55. The Kier molecular flexibility index (Phi) is 5.19. The second-order valence-electron chi connectivity index (χ2n) is 10.5. The van der Waals surface area contributed by atoms with Crippen LogP contribution in [0.2, 0.25) is 0 Å². The first-order chi connectivity index (χ1) is 14.1. The molecule has 3 saturated carbocycles. The lowest BCUT2D eigenvalue weighted by molar-refractivity contribution is -0.123. The van der Waals surface area contributed by atoms with Gasteiger partial charge in [0.25, 0.3) is 0 Å². The number of carbonyl (C=O) groups is 1. The van der Waals surface area contributed by atoms with Gasteiger partial charge in [-0.05, 0) is 38.5 Å². The molecule has 1 aliphatic heterocycles. The Labute approximate surface area is 175 Å². The van der Waals surface area contributed by atoms with Gasteiger partial charge >= 0.3 is 0 Å². The molecule has 160 valence electrons. The number of hydrogen-bond donors (Lipinski definition) is 0. The molecule has 0 aromatic carbocycles. The van der Waals surface area contributed by atoms with Gasteiger partial charge < -0.3 is 0 Å². The maximum absolute atomic E-state index is 13.4. The van der Waals surface area contributed by atoms with Gasteiger partial charge in [-0.15, -0.1) is 0 Å². The van der Waals surface area contributed by atoms with Gasteiger partial charge in [0.2, 0.25) is 11.9 Å². The van der Waals surface area contributed by atoms with Crippen molar-refractivity contribution < 1.29 is 4.79 Å². The van der Waals surface area contributed by atoms with Crippen LogP contribution in [0.15, 0.2) is 0 Å². The molecule has 4 aliphatic rings. The molecular formula is C24H38N4O. The van der Waals surface area contributed by atoms with E-state index in [1.165, 1.54) is 83.5 Å². The third kappa shape index (κ3) is 3.14. The van der Waals surface area contributed by atoms with Gasteiger partial charge in [-0.2, -0.15) is 10.1 Å². The SMILES string of the molecule is CC(C)C(=O)N1c2nc(C3CCCCC3)nn2C2(CCCCC2)[C@@H]2CCCC[C@@H]21. The molecule has 1 aromatic rings. The second kappa shape index (κ2) is 7.70. The van der Waals surface area contributed by atoms with Crippen molar-refractivity contribution in [2.75, 3.05) is 4.90 Å². The third-order valence-corrected chi connectivity index (χ3v) is 8.42. The number of carbonyl (C=O) groups excluding carboxylic acids is 1. The first-order valence-corrected chi connectivity index (χ1v) is 12.4. The molecule has 0 bridgehead atoms. The Morgan fingerprint density at radius 3 is 2.31 bits per heavy atom. The molecule has 5 nitrogen and oxygen atoms in total. The topological polar surface area (TPSA) is 51.0 Å². The summed E-state index contributed by atoms with van der Waals surface area (Å²) in [4.78, 5) is 20.7. The van der Waals surface area contributed by atoms with E-state index in [0.717, 1.165) is 18.2 Å². The maximum Gasteiger partial charge on any atom is 0.232 e. The van der Waals surface area contributed by atoms with Crippen LogP contribution in [-0.4, -0.2) is 26.7 Å². The van der Waals surface area contributed by atoms with Gasteiger partial charge in [0.15, 0.2) is 5.82 Å². The molecule has 1 amide bonds. The van der Waals surface area contributed by atoms with E-state index in [-0.39, 0.29) is 17.4 Å². The monoisotopic (exact) mass is 398 g/mol. The van der Waals surface area contributed by atoms with Gasteiger partial charge in [0.05, 0.1) is 5.54 Å². The van der Waals surface area contributed by atoms with Crippen molar-refractivity contribution in [3.63, 3.8) is 0 Å². The summed E-state index contributed by atoms with van der Waals surface area (Å²) >= 11 is 0. The van der Waals surface area contributed by atoms with E-state index in [1.807, 2.05) is 13.8 Å². The van der Waals surface area contributed by atoms with Crippen molar-refractivity contribution >= 4 is 11.9 Å². The zero-order valence-corrected chi connectivity index (χ0v) is 18.4. The molecule has 2 atom stereocenters. The molecular weight excluding hydrogens is 360 g/mol. The third-order valence-electron chi connectivity index (χ3n) is 8.42. The first-order valence-electron chi connectivity index (χ1n) is 12.4. The Morgan fingerprint density at radius 2 is 1.59 bits per heavy atom. The molecule has 0 radical (unpaired) electrons. The molecule has 1 spiro atoms. The highest BCUT2D eigenvalue weighted by atomic mass is 16.2. The molecule has 1 aromatic heterocycles. The van der Waals surface area contributed by atoms with Crippen LogP contribution in [0.3, 0.4) is 0 Å². The van der Waals surface area contributed by atoms with Crippen LogP contribution in [-0.2, 0) is 10.3 Å². The van der Waals surface area contributed by atoms with Gasteiger partial charge in [-0.25, -0.2) is 4.68 Å². The molecule has 5 heteroatoms. The van der Waals surface area contributed by atoms with Crippen LogP contribution in [0.25, 0.3) is 0 Å². The lowest BCUT2D eigenvalue weighted by Gasteiger charge is -2.55. The van der Waals surface area contributed by atoms with Crippen molar-refractivity contribution in [2.45, 2.75) is 121 Å². The molecule has 0 saturated heterocycles. The summed E-state index contributed by atoms with van der Waals surface area (Å²) in [5.41, 5.74) is 0.104. The van der Waals surface area contributed by atoms with E-state index >= 15 is 0 Å². The van der Waals surface area contributed by atoms with E-state index in [2.05, 4.69) is 9.58 Å². The fraction of sp³-hybridized carbons (Fsp3) is 0.875. The number of rotatable bonds is 2. The highest BCUT2D eigenvalue weighted by molar-refractivity contribution is 5.94. The Morgan fingerprint density at radius 1 is 0.931 bits per heavy atom. The highest BCUT2D eigenvalue weighted by Crippen LogP contribution is 2.53. The number of hydrogen-bond acceptors (Lipinski definition) is 3. The number of anilines is 1. The second-order valence-corrected chi connectivity index (χ2v) is 10.5. The lowest BCUT2D eigenvalue weighted by atomic mass is 9.64. The largest absolute Gasteiger partial charge is 0.277 e. The minimum Gasteiger partial charge on any atom is -0.277 e. The molecule has 5 rings (SSSR count). The van der Waals surface area contributed by atoms with Crippen LogP contribution in [0.5, 0.6) is 0 Å². The first kappa shape index (κ1) is 19.6. The van der Waals surface area contributed by atoms with Gasteiger partial charge in [-0.3, -0.25) is 9.69 Å². The fourth-order valence-electron chi connectivity index (χ4n) is 6.95. The number of amides is 1. The van der Waals surface area contributed by atoms with Crippen LogP contribution in [0, 0.1) is 11.8 Å². The average Bonchev–Trinajstić information content (AvgIpc) is 3.21. The van der Waals surface area contributed by atoms with Crippen LogP contribution in [0.4, 0.5) is 5.95 Å². The smallest absolute Gasteiger partial charge is 0.232 e. The number of fused-ring (bicyclic) bond motifs is 4. The van der Waals surface area contributed by atoms with Crippen molar-refractivity contribution in [3.05, 3.63) is 5.82 Å². The normalized spacial score (nSPS) is 29.7. The Bertz CT molecular complexity index is 742. The maximum atomic E-state index is 13.4. The van der Waals surface area contributed by atoms with Crippen molar-refractivity contribution in [2.24, 2.45) is 11.8 Å². The summed E-state index contributed by atoms with van der Waals surface area (Å²) in [6, 6.07) is 0.327. The summed E-state index contributed by atoms with van der Waals surface area (Å²) in [6.45, 7) is 4.07. The molecule has 3 aliphatic carbocycles. The predicted octanol–water partition coefficient (Wildman–Crippen LogP) is 5.55. The Hall–Kier alpha value is -1.39. The van der Waals surface area contributed by atoms with Crippen LogP contribution in [0.1, 0.15) is 115 Å². The standard InChI is InChI=1S/C24H38N4O/c1-17(2)22(29)27-20-14-8-7-13-19(20)24(15-9-4-10-16-24)28-23(27)25-21(26-28)18-11-5-3-6-12-18/h17-20H,3-16H2,1-2H3/t19-,20+/m1/s1. The van der Waals surface area contributed by atoms with Crippen molar-refractivity contribution in [1.29, 1.82) is 0 Å². The summed E-state index contributed by atoms with van der Waals surface area (Å²) in [5, 5.41) is 5.25. The van der Waals surface area contributed by atoms with Gasteiger partial charge in [0, 0.05) is 23.8 Å². The zero-order chi connectivity index (χ0) is 20.0. The molecule has 3 fully saturated rings. The van der Waals surface area contributed by atoms with Crippen molar-refractivity contribution in [3.8, 4) is 0 Å².